The molecule has 2 unspecified atom stereocenters. The molecule has 0 heterocycles. The molecule has 0 aliphatic heterocycles. The van der Waals surface area contributed by atoms with E-state index in [1.54, 1.807) is 24.3 Å². The number of hydrogen-bond acceptors (Lipinski definition) is 6. The van der Waals surface area contributed by atoms with Crippen molar-refractivity contribution in [1.82, 2.24) is 5.32 Å². The van der Waals surface area contributed by atoms with E-state index in [0.717, 1.165) is 0 Å². The van der Waals surface area contributed by atoms with Crippen LogP contribution in [0.3, 0.4) is 0 Å². The number of esters is 1. The molecule has 0 aromatic heterocycles. The van der Waals surface area contributed by atoms with Gasteiger partial charge < -0.3 is 25.8 Å². The van der Waals surface area contributed by atoms with Crippen LogP contribution in [0.25, 0.3) is 0 Å². The fraction of sp³-hybridized carbons (Fsp3) is 0.550. The summed E-state index contributed by atoms with van der Waals surface area (Å²) in [6.07, 6.45) is 0.512. The highest BCUT2D eigenvalue weighted by Crippen LogP contribution is 2.50. The van der Waals surface area contributed by atoms with Gasteiger partial charge in [-0.25, -0.2) is 0 Å². The Morgan fingerprint density at radius 3 is 2.34 bits per heavy atom. The second-order valence-corrected chi connectivity index (χ2v) is 7.45. The minimum absolute atomic E-state index is 0. The quantitative estimate of drug-likeness (QED) is 0.545. The molecule has 162 valence electrons. The van der Waals surface area contributed by atoms with Crippen LogP contribution in [0.5, 0.6) is 0 Å². The maximum Gasteiger partial charge on any atom is 0.307 e. The van der Waals surface area contributed by atoms with Crippen LogP contribution in [0.15, 0.2) is 24.3 Å². The molecule has 2 atom stereocenters. The zero-order chi connectivity index (χ0) is 20.9. The molecule has 1 fully saturated rings. The van der Waals surface area contributed by atoms with Crippen molar-refractivity contribution in [3.63, 3.8) is 0 Å². The van der Waals surface area contributed by atoms with Crippen molar-refractivity contribution in [3.05, 3.63) is 29.8 Å². The number of hydrogen-bond donors (Lipinski definition) is 3. The highest BCUT2D eigenvalue weighted by molar-refractivity contribution is 6.00. The third-order valence-corrected chi connectivity index (χ3v) is 5.48. The summed E-state index contributed by atoms with van der Waals surface area (Å²) in [7, 11) is 1.30. The van der Waals surface area contributed by atoms with Crippen LogP contribution in [-0.2, 0) is 19.1 Å². The van der Waals surface area contributed by atoms with Gasteiger partial charge in [-0.15, -0.1) is 12.4 Å². The molecule has 9 heteroatoms. The third kappa shape index (κ3) is 5.26. The average Bonchev–Trinajstić information content (AvgIpc) is 2.67. The lowest BCUT2D eigenvalue weighted by molar-refractivity contribution is -0.166. The SMILES string of the molecule is CCOC1CC(N)(C(=O)Nc2ccc(C(=O)NCCC(=O)OC)cc2)C1(C)C.Cl. The molecule has 1 aliphatic carbocycles. The smallest absolute Gasteiger partial charge is 0.307 e. The number of anilines is 1. The Kier molecular flexibility index (Phi) is 8.62. The van der Waals surface area contributed by atoms with Crippen LogP contribution in [0, 0.1) is 5.41 Å². The molecule has 29 heavy (non-hydrogen) atoms. The Hall–Kier alpha value is -2.16. The summed E-state index contributed by atoms with van der Waals surface area (Å²) in [4.78, 5) is 35.8. The number of rotatable bonds is 8. The van der Waals surface area contributed by atoms with Crippen LogP contribution < -0.4 is 16.4 Å². The molecule has 4 N–H and O–H groups in total. The molecule has 1 aromatic carbocycles. The fourth-order valence-corrected chi connectivity index (χ4v) is 3.25. The number of nitrogens with one attached hydrogen (secondary N) is 2. The summed E-state index contributed by atoms with van der Waals surface area (Å²) in [5.74, 6) is -0.972. The largest absolute Gasteiger partial charge is 0.469 e. The van der Waals surface area contributed by atoms with Crippen molar-refractivity contribution in [3.8, 4) is 0 Å². The summed E-state index contributed by atoms with van der Waals surface area (Å²) < 4.78 is 10.2. The van der Waals surface area contributed by atoms with Crippen LogP contribution >= 0.6 is 12.4 Å². The van der Waals surface area contributed by atoms with Gasteiger partial charge in [0.05, 0.1) is 19.6 Å². The van der Waals surface area contributed by atoms with Crippen molar-refractivity contribution in [2.75, 3.05) is 25.6 Å². The standard InChI is InChI=1S/C20H29N3O5.ClH/c1-5-28-15-12-20(21,19(15,2)3)18(26)23-14-8-6-13(7-9-14)17(25)22-11-10-16(24)27-4;/h6-9,15H,5,10-12,21H2,1-4H3,(H,22,25)(H,23,26);1H. The minimum atomic E-state index is -1.02. The zero-order valence-corrected chi connectivity index (χ0v) is 18.1. The van der Waals surface area contributed by atoms with Gasteiger partial charge in [0, 0.05) is 36.2 Å². The van der Waals surface area contributed by atoms with Gasteiger partial charge in [0.25, 0.3) is 5.91 Å². The molecule has 0 saturated heterocycles. The normalized spacial score (nSPS) is 21.9. The first-order chi connectivity index (χ1) is 13.2. The van der Waals surface area contributed by atoms with E-state index < -0.39 is 11.0 Å². The van der Waals surface area contributed by atoms with Crippen molar-refractivity contribution in [2.24, 2.45) is 11.1 Å². The summed E-state index contributed by atoms with van der Waals surface area (Å²) in [5, 5.41) is 5.46. The first-order valence-electron chi connectivity index (χ1n) is 9.32. The number of halogens is 1. The van der Waals surface area contributed by atoms with Gasteiger partial charge in [-0.1, -0.05) is 13.8 Å². The molecule has 2 rings (SSSR count). The van der Waals surface area contributed by atoms with E-state index in [1.165, 1.54) is 7.11 Å². The minimum Gasteiger partial charge on any atom is -0.469 e. The number of carbonyl (C=O) groups is 3. The van der Waals surface area contributed by atoms with Crippen LogP contribution in [0.4, 0.5) is 5.69 Å². The lowest BCUT2D eigenvalue weighted by Gasteiger charge is -2.57. The number of methoxy groups -OCH3 is 1. The van der Waals surface area contributed by atoms with Crippen molar-refractivity contribution < 1.29 is 23.9 Å². The van der Waals surface area contributed by atoms with Gasteiger partial charge >= 0.3 is 5.97 Å². The van der Waals surface area contributed by atoms with E-state index in [1.807, 2.05) is 20.8 Å². The highest BCUT2D eigenvalue weighted by Gasteiger charge is 2.62. The van der Waals surface area contributed by atoms with Gasteiger partial charge in [-0.3, -0.25) is 14.4 Å². The molecule has 0 spiro atoms. The first kappa shape index (κ1) is 24.9. The molecule has 2 amide bonds. The Labute approximate surface area is 177 Å². The summed E-state index contributed by atoms with van der Waals surface area (Å²) in [5.41, 5.74) is 5.85. The Bertz CT molecular complexity index is 738. The van der Waals surface area contributed by atoms with Gasteiger partial charge in [0.15, 0.2) is 0 Å². The van der Waals surface area contributed by atoms with Crippen LogP contribution in [0.1, 0.15) is 44.0 Å². The van der Waals surface area contributed by atoms with E-state index in [4.69, 9.17) is 10.5 Å². The second-order valence-electron chi connectivity index (χ2n) is 7.45. The molecule has 8 nitrogen and oxygen atoms in total. The second kappa shape index (κ2) is 10.0. The van der Waals surface area contributed by atoms with E-state index >= 15 is 0 Å². The molecule has 0 bridgehead atoms. The molecular formula is C20H30ClN3O5. The number of benzene rings is 1. The number of ether oxygens (including phenoxy) is 2. The first-order valence-corrected chi connectivity index (χ1v) is 9.32. The molecule has 0 radical (unpaired) electrons. The van der Waals surface area contributed by atoms with Gasteiger partial charge in [0.1, 0.15) is 5.54 Å². The third-order valence-electron chi connectivity index (χ3n) is 5.48. The topological polar surface area (TPSA) is 120 Å². The van der Waals surface area contributed by atoms with E-state index in [2.05, 4.69) is 15.4 Å². The predicted molar refractivity (Wildman–Crippen MR) is 112 cm³/mol. The van der Waals surface area contributed by atoms with Crippen molar-refractivity contribution >= 4 is 35.9 Å². The lowest BCUT2D eigenvalue weighted by atomic mass is 9.54. The van der Waals surface area contributed by atoms with Crippen LogP contribution in [0.2, 0.25) is 0 Å². The zero-order valence-electron chi connectivity index (χ0n) is 17.2. The molecule has 1 aliphatic rings. The highest BCUT2D eigenvalue weighted by atomic mass is 35.5. The fourth-order valence-electron chi connectivity index (χ4n) is 3.25. The van der Waals surface area contributed by atoms with E-state index in [-0.39, 0.29) is 49.3 Å². The number of carbonyl (C=O) groups excluding carboxylic acids is 3. The predicted octanol–water partition coefficient (Wildman–Crippen LogP) is 1.87. The summed E-state index contributed by atoms with van der Waals surface area (Å²) >= 11 is 0. The van der Waals surface area contributed by atoms with E-state index in [9.17, 15) is 14.4 Å². The summed E-state index contributed by atoms with van der Waals surface area (Å²) in [6, 6.07) is 6.48. The molecular weight excluding hydrogens is 398 g/mol. The van der Waals surface area contributed by atoms with Crippen molar-refractivity contribution in [2.45, 2.75) is 45.3 Å². The van der Waals surface area contributed by atoms with Crippen LogP contribution in [-0.4, -0.2) is 49.7 Å². The van der Waals surface area contributed by atoms with Gasteiger partial charge in [-0.05, 0) is 31.2 Å². The maximum atomic E-state index is 12.7. The van der Waals surface area contributed by atoms with Crippen molar-refractivity contribution in [1.29, 1.82) is 0 Å². The Morgan fingerprint density at radius 2 is 1.83 bits per heavy atom. The monoisotopic (exact) mass is 427 g/mol. The maximum absolute atomic E-state index is 12.7. The van der Waals surface area contributed by atoms with E-state index in [0.29, 0.717) is 24.3 Å². The number of nitrogens with two attached hydrogens (primary N) is 1. The van der Waals surface area contributed by atoms with Gasteiger partial charge in [-0.2, -0.15) is 0 Å². The number of amides is 2. The Morgan fingerprint density at radius 1 is 1.21 bits per heavy atom. The Balaban J connectivity index is 0.00000420. The average molecular weight is 428 g/mol. The summed E-state index contributed by atoms with van der Waals surface area (Å²) in [6.45, 7) is 6.54. The van der Waals surface area contributed by atoms with Gasteiger partial charge in [0.2, 0.25) is 5.91 Å². The molecule has 1 saturated carbocycles. The lowest BCUT2D eigenvalue weighted by Crippen LogP contribution is -2.74. The molecule has 1 aromatic rings.